The van der Waals surface area contributed by atoms with Gasteiger partial charge in [0.15, 0.2) is 0 Å². The lowest BCUT2D eigenvalue weighted by Gasteiger charge is -2.26. The first-order valence-electron chi connectivity index (χ1n) is 9.19. The van der Waals surface area contributed by atoms with Crippen molar-refractivity contribution in [2.24, 2.45) is 17.4 Å². The van der Waals surface area contributed by atoms with Gasteiger partial charge in [-0.1, -0.05) is 20.3 Å². The molecule has 5 unspecified atom stereocenters. The standard InChI is InChI=1S/C17H29N5O8/c1-4-7(2)13(16(28)21-10(17(29)30)6-12(24)25)22-14(26)8(3)20-15(27)9(18)5-11(19)23/h7-10,13H,4-6,18H2,1-3H3,(H2,19,23)(H,20,27)(H,21,28)(H,22,26)(H,24,25)(H,29,30). The molecule has 0 bridgehead atoms. The van der Waals surface area contributed by atoms with Gasteiger partial charge in [0.1, 0.15) is 18.1 Å². The molecule has 0 rings (SSSR count). The summed E-state index contributed by atoms with van der Waals surface area (Å²) in [6, 6.07) is -5.25. The predicted molar refractivity (Wildman–Crippen MR) is 103 cm³/mol. The van der Waals surface area contributed by atoms with Gasteiger partial charge in [-0.15, -0.1) is 0 Å². The maximum atomic E-state index is 12.5. The number of nitrogens with two attached hydrogens (primary N) is 2. The maximum Gasteiger partial charge on any atom is 0.326 e. The van der Waals surface area contributed by atoms with Crippen molar-refractivity contribution in [3.63, 3.8) is 0 Å². The molecule has 0 fully saturated rings. The molecule has 170 valence electrons. The fourth-order valence-electron chi connectivity index (χ4n) is 2.31. The Bertz CT molecular complexity index is 683. The Kier molecular flexibility index (Phi) is 11.0. The van der Waals surface area contributed by atoms with Gasteiger partial charge in [0.25, 0.3) is 0 Å². The van der Waals surface area contributed by atoms with E-state index in [4.69, 9.17) is 21.7 Å². The lowest BCUT2D eigenvalue weighted by Crippen LogP contribution is -2.58. The van der Waals surface area contributed by atoms with Crippen molar-refractivity contribution >= 4 is 35.6 Å². The molecule has 9 N–H and O–H groups in total. The summed E-state index contributed by atoms with van der Waals surface area (Å²) < 4.78 is 0. The molecular formula is C17H29N5O8. The second-order valence-electron chi connectivity index (χ2n) is 6.88. The van der Waals surface area contributed by atoms with Crippen LogP contribution >= 0.6 is 0 Å². The Balaban J connectivity index is 5.19. The van der Waals surface area contributed by atoms with Gasteiger partial charge in [-0.2, -0.15) is 0 Å². The Labute approximate surface area is 172 Å². The van der Waals surface area contributed by atoms with E-state index >= 15 is 0 Å². The topological polar surface area (TPSA) is 231 Å². The zero-order chi connectivity index (χ0) is 23.6. The summed E-state index contributed by atoms with van der Waals surface area (Å²) in [7, 11) is 0. The number of hydrogen-bond donors (Lipinski definition) is 7. The first-order valence-corrected chi connectivity index (χ1v) is 9.19. The van der Waals surface area contributed by atoms with E-state index < -0.39 is 78.5 Å². The number of carbonyl (C=O) groups is 6. The third kappa shape index (κ3) is 9.32. The quantitative estimate of drug-likeness (QED) is 0.160. The van der Waals surface area contributed by atoms with Gasteiger partial charge >= 0.3 is 11.9 Å². The number of carboxylic acids is 2. The maximum absolute atomic E-state index is 12.5. The Hall–Kier alpha value is -3.22. The minimum absolute atomic E-state index is 0.418. The third-order valence-electron chi connectivity index (χ3n) is 4.30. The highest BCUT2D eigenvalue weighted by molar-refractivity contribution is 5.95. The molecule has 0 saturated carbocycles. The molecule has 0 aliphatic heterocycles. The van der Waals surface area contributed by atoms with E-state index in [2.05, 4.69) is 16.0 Å². The molecule has 0 spiro atoms. The molecule has 30 heavy (non-hydrogen) atoms. The van der Waals surface area contributed by atoms with Crippen LogP contribution in [0.25, 0.3) is 0 Å². The van der Waals surface area contributed by atoms with E-state index in [1.165, 1.54) is 6.92 Å². The van der Waals surface area contributed by atoms with Gasteiger partial charge in [0, 0.05) is 0 Å². The van der Waals surface area contributed by atoms with Gasteiger partial charge in [-0.05, 0) is 12.8 Å². The normalized spacial score (nSPS) is 15.6. The molecule has 0 aliphatic carbocycles. The van der Waals surface area contributed by atoms with Crippen molar-refractivity contribution in [3.8, 4) is 0 Å². The first kappa shape index (κ1) is 26.8. The van der Waals surface area contributed by atoms with Gasteiger partial charge < -0.3 is 37.6 Å². The lowest BCUT2D eigenvalue weighted by atomic mass is 9.97. The van der Waals surface area contributed by atoms with Crippen LogP contribution in [-0.4, -0.2) is 69.9 Å². The van der Waals surface area contributed by atoms with Crippen molar-refractivity contribution in [2.45, 2.75) is 64.2 Å². The van der Waals surface area contributed by atoms with Crippen molar-refractivity contribution in [3.05, 3.63) is 0 Å². The summed E-state index contributed by atoms with van der Waals surface area (Å²) in [5.74, 6) is -6.63. The van der Waals surface area contributed by atoms with Crippen LogP contribution in [0.2, 0.25) is 0 Å². The number of aliphatic carboxylic acids is 2. The molecule has 0 aromatic carbocycles. The summed E-state index contributed by atoms with van der Waals surface area (Å²) >= 11 is 0. The molecule has 13 heteroatoms. The summed E-state index contributed by atoms with van der Waals surface area (Å²) in [5.41, 5.74) is 10.5. The van der Waals surface area contributed by atoms with E-state index in [9.17, 15) is 28.8 Å². The lowest BCUT2D eigenvalue weighted by molar-refractivity contribution is -0.147. The number of hydrogen-bond acceptors (Lipinski definition) is 7. The fraction of sp³-hybridized carbons (Fsp3) is 0.647. The number of rotatable bonds is 13. The van der Waals surface area contributed by atoms with Gasteiger partial charge in [-0.3, -0.25) is 24.0 Å². The third-order valence-corrected chi connectivity index (χ3v) is 4.30. The second kappa shape index (κ2) is 12.4. The highest BCUT2D eigenvalue weighted by atomic mass is 16.4. The van der Waals surface area contributed by atoms with Crippen molar-refractivity contribution < 1.29 is 39.0 Å². The summed E-state index contributed by atoms with van der Waals surface area (Å²) in [6.07, 6.45) is -0.829. The summed E-state index contributed by atoms with van der Waals surface area (Å²) in [4.78, 5) is 69.6. The molecule has 13 nitrogen and oxygen atoms in total. The van der Waals surface area contributed by atoms with Gasteiger partial charge in [0.2, 0.25) is 23.6 Å². The fourth-order valence-corrected chi connectivity index (χ4v) is 2.31. The Morgan fingerprint density at radius 1 is 0.867 bits per heavy atom. The number of nitrogens with one attached hydrogen (secondary N) is 3. The van der Waals surface area contributed by atoms with E-state index in [0.717, 1.165) is 0 Å². The number of primary amides is 1. The average molecular weight is 431 g/mol. The zero-order valence-corrected chi connectivity index (χ0v) is 17.0. The van der Waals surface area contributed by atoms with Crippen molar-refractivity contribution in [2.75, 3.05) is 0 Å². The number of amides is 4. The van der Waals surface area contributed by atoms with Crippen LogP contribution in [0.5, 0.6) is 0 Å². The molecular weight excluding hydrogens is 402 g/mol. The highest BCUT2D eigenvalue weighted by Gasteiger charge is 2.32. The monoisotopic (exact) mass is 431 g/mol. The molecule has 0 saturated heterocycles. The summed E-state index contributed by atoms with van der Waals surface area (Å²) in [5, 5.41) is 24.6. The summed E-state index contributed by atoms with van der Waals surface area (Å²) in [6.45, 7) is 4.68. The van der Waals surface area contributed by atoms with E-state index in [0.29, 0.717) is 6.42 Å². The molecule has 4 amide bonds. The molecule has 0 aromatic heterocycles. The SMILES string of the molecule is CCC(C)C(NC(=O)C(C)NC(=O)C(N)CC(N)=O)C(=O)NC(CC(=O)O)C(=O)O. The number of carboxylic acid groups (broad SMARTS) is 2. The van der Waals surface area contributed by atoms with Crippen LogP contribution in [0.3, 0.4) is 0 Å². The first-order chi connectivity index (χ1) is 13.8. The molecule has 0 aromatic rings. The Morgan fingerprint density at radius 2 is 1.43 bits per heavy atom. The molecule has 5 atom stereocenters. The highest BCUT2D eigenvalue weighted by Crippen LogP contribution is 2.09. The van der Waals surface area contributed by atoms with Crippen LogP contribution in [0.4, 0.5) is 0 Å². The van der Waals surface area contributed by atoms with Crippen LogP contribution in [0, 0.1) is 5.92 Å². The minimum Gasteiger partial charge on any atom is -0.481 e. The molecule has 0 heterocycles. The smallest absolute Gasteiger partial charge is 0.326 e. The second-order valence-corrected chi connectivity index (χ2v) is 6.88. The van der Waals surface area contributed by atoms with Crippen LogP contribution < -0.4 is 27.4 Å². The van der Waals surface area contributed by atoms with Gasteiger partial charge in [-0.25, -0.2) is 4.79 Å². The average Bonchev–Trinajstić information content (AvgIpc) is 2.63. The predicted octanol–water partition coefficient (Wildman–Crippen LogP) is -2.73. The largest absolute Gasteiger partial charge is 0.481 e. The van der Waals surface area contributed by atoms with E-state index in [1.807, 2.05) is 0 Å². The zero-order valence-electron chi connectivity index (χ0n) is 17.0. The van der Waals surface area contributed by atoms with Crippen LogP contribution in [0.1, 0.15) is 40.0 Å². The number of carbonyl (C=O) groups excluding carboxylic acids is 4. The van der Waals surface area contributed by atoms with Crippen LogP contribution in [-0.2, 0) is 28.8 Å². The van der Waals surface area contributed by atoms with Gasteiger partial charge in [0.05, 0.1) is 18.9 Å². The van der Waals surface area contributed by atoms with Crippen molar-refractivity contribution in [1.82, 2.24) is 16.0 Å². The van der Waals surface area contributed by atoms with Crippen molar-refractivity contribution in [1.29, 1.82) is 0 Å². The minimum atomic E-state index is -1.68. The van der Waals surface area contributed by atoms with Crippen LogP contribution in [0.15, 0.2) is 0 Å². The van der Waals surface area contributed by atoms with E-state index in [-0.39, 0.29) is 0 Å². The molecule has 0 aliphatic rings. The Morgan fingerprint density at radius 3 is 1.87 bits per heavy atom. The molecule has 0 radical (unpaired) electrons. The van der Waals surface area contributed by atoms with E-state index in [1.54, 1.807) is 13.8 Å².